The molecular weight excluding hydrogens is 231 g/mol. The van der Waals surface area contributed by atoms with Gasteiger partial charge in [-0.3, -0.25) is 0 Å². The van der Waals surface area contributed by atoms with Crippen LogP contribution in [-0.4, -0.2) is 13.1 Å². The normalized spacial score (nSPS) is 10.6. The van der Waals surface area contributed by atoms with Crippen molar-refractivity contribution in [2.75, 3.05) is 18.0 Å². The van der Waals surface area contributed by atoms with Gasteiger partial charge in [-0.15, -0.1) is 0 Å². The molecule has 1 heterocycles. The number of benzene rings is 1. The molecule has 0 amide bonds. The lowest BCUT2D eigenvalue weighted by atomic mass is 10.2. The fourth-order valence-electron chi connectivity index (χ4n) is 1.82. The van der Waals surface area contributed by atoms with Gasteiger partial charge in [-0.05, 0) is 49.4 Å². The van der Waals surface area contributed by atoms with E-state index in [-0.39, 0.29) is 5.82 Å². The molecule has 0 saturated heterocycles. The van der Waals surface area contributed by atoms with E-state index in [1.54, 1.807) is 18.4 Å². The van der Waals surface area contributed by atoms with Gasteiger partial charge >= 0.3 is 0 Å². The minimum Gasteiger partial charge on any atom is -0.467 e. The number of halogens is 1. The Hall–Kier alpha value is -1.81. The van der Waals surface area contributed by atoms with Crippen molar-refractivity contribution in [3.63, 3.8) is 0 Å². The molecule has 3 nitrogen and oxygen atoms in total. The molecule has 0 bridgehead atoms. The fraction of sp³-hybridized carbons (Fsp3) is 0.286. The number of hydrogen-bond donors (Lipinski definition) is 1. The maximum atomic E-state index is 12.9. The number of rotatable bonds is 6. The lowest BCUT2D eigenvalue weighted by Crippen LogP contribution is -2.25. The van der Waals surface area contributed by atoms with Gasteiger partial charge in [0.15, 0.2) is 0 Å². The van der Waals surface area contributed by atoms with Crippen molar-refractivity contribution in [1.29, 1.82) is 0 Å². The number of anilines is 1. The van der Waals surface area contributed by atoms with E-state index >= 15 is 0 Å². The van der Waals surface area contributed by atoms with Crippen LogP contribution in [0.3, 0.4) is 0 Å². The van der Waals surface area contributed by atoms with Crippen LogP contribution in [0.1, 0.15) is 12.2 Å². The SMILES string of the molecule is NCCCN(Cc1ccco1)c1ccc(F)cc1. The quantitative estimate of drug-likeness (QED) is 0.854. The molecule has 18 heavy (non-hydrogen) atoms. The summed E-state index contributed by atoms with van der Waals surface area (Å²) >= 11 is 0. The van der Waals surface area contributed by atoms with Crippen LogP contribution < -0.4 is 10.6 Å². The monoisotopic (exact) mass is 248 g/mol. The zero-order chi connectivity index (χ0) is 12.8. The Morgan fingerprint density at radius 3 is 2.56 bits per heavy atom. The van der Waals surface area contributed by atoms with Crippen LogP contribution in [0.2, 0.25) is 0 Å². The standard InChI is InChI=1S/C14H17FN2O/c15-12-4-6-13(7-5-12)17(9-2-8-16)11-14-3-1-10-18-14/h1,3-7,10H,2,8-9,11,16H2. The average Bonchev–Trinajstić information content (AvgIpc) is 2.88. The lowest BCUT2D eigenvalue weighted by Gasteiger charge is -2.23. The number of furan rings is 1. The molecule has 0 atom stereocenters. The van der Waals surface area contributed by atoms with Crippen molar-refractivity contribution in [3.8, 4) is 0 Å². The number of hydrogen-bond acceptors (Lipinski definition) is 3. The third-order valence-electron chi connectivity index (χ3n) is 2.75. The molecular formula is C14H17FN2O. The Morgan fingerprint density at radius 2 is 1.94 bits per heavy atom. The van der Waals surface area contributed by atoms with Crippen LogP contribution in [0.5, 0.6) is 0 Å². The molecule has 2 N–H and O–H groups in total. The summed E-state index contributed by atoms with van der Waals surface area (Å²) in [7, 11) is 0. The highest BCUT2D eigenvalue weighted by atomic mass is 19.1. The van der Waals surface area contributed by atoms with E-state index in [0.717, 1.165) is 24.4 Å². The minimum atomic E-state index is -0.226. The maximum Gasteiger partial charge on any atom is 0.123 e. The molecule has 0 radical (unpaired) electrons. The predicted molar refractivity (Wildman–Crippen MR) is 69.8 cm³/mol. The molecule has 0 aliphatic carbocycles. The highest BCUT2D eigenvalue weighted by molar-refractivity contribution is 5.46. The van der Waals surface area contributed by atoms with Crippen LogP contribution in [0.25, 0.3) is 0 Å². The van der Waals surface area contributed by atoms with Crippen molar-refractivity contribution in [2.24, 2.45) is 5.73 Å². The molecule has 0 fully saturated rings. The van der Waals surface area contributed by atoms with Gasteiger partial charge in [0.2, 0.25) is 0 Å². The van der Waals surface area contributed by atoms with E-state index < -0.39 is 0 Å². The van der Waals surface area contributed by atoms with E-state index in [1.165, 1.54) is 12.1 Å². The van der Waals surface area contributed by atoms with Crippen molar-refractivity contribution < 1.29 is 8.81 Å². The van der Waals surface area contributed by atoms with Crippen molar-refractivity contribution >= 4 is 5.69 Å². The summed E-state index contributed by atoms with van der Waals surface area (Å²) in [4.78, 5) is 2.13. The van der Waals surface area contributed by atoms with Gasteiger partial charge in [-0.2, -0.15) is 0 Å². The van der Waals surface area contributed by atoms with Gasteiger partial charge < -0.3 is 15.1 Å². The van der Waals surface area contributed by atoms with E-state index in [9.17, 15) is 4.39 Å². The maximum absolute atomic E-state index is 12.9. The van der Waals surface area contributed by atoms with Crippen LogP contribution in [0.15, 0.2) is 47.1 Å². The minimum absolute atomic E-state index is 0.226. The summed E-state index contributed by atoms with van der Waals surface area (Å²) < 4.78 is 18.3. The largest absolute Gasteiger partial charge is 0.467 e. The Bertz CT molecular complexity index is 453. The Labute approximate surface area is 106 Å². The Balaban J connectivity index is 2.11. The molecule has 0 saturated carbocycles. The summed E-state index contributed by atoms with van der Waals surface area (Å²) in [6.07, 6.45) is 2.54. The molecule has 1 aromatic carbocycles. The number of nitrogens with two attached hydrogens (primary N) is 1. The second-order valence-electron chi connectivity index (χ2n) is 4.12. The summed E-state index contributed by atoms with van der Waals surface area (Å²) in [5.74, 6) is 0.659. The van der Waals surface area contributed by atoms with E-state index in [0.29, 0.717) is 13.1 Å². The highest BCUT2D eigenvalue weighted by Gasteiger charge is 2.08. The Kier molecular flexibility index (Phi) is 4.36. The van der Waals surface area contributed by atoms with Gasteiger partial charge in [-0.25, -0.2) is 4.39 Å². The molecule has 96 valence electrons. The molecule has 2 rings (SSSR count). The zero-order valence-corrected chi connectivity index (χ0v) is 10.2. The van der Waals surface area contributed by atoms with Gasteiger partial charge in [-0.1, -0.05) is 0 Å². The second-order valence-corrected chi connectivity index (χ2v) is 4.12. The summed E-state index contributed by atoms with van der Waals surface area (Å²) in [6, 6.07) is 10.3. The molecule has 0 unspecified atom stereocenters. The first kappa shape index (κ1) is 12.6. The van der Waals surface area contributed by atoms with Crippen molar-refractivity contribution in [2.45, 2.75) is 13.0 Å². The number of nitrogens with zero attached hydrogens (tertiary/aromatic N) is 1. The molecule has 0 aliphatic heterocycles. The first-order chi connectivity index (χ1) is 8.79. The van der Waals surface area contributed by atoms with E-state index in [1.807, 2.05) is 12.1 Å². The molecule has 0 spiro atoms. The van der Waals surface area contributed by atoms with Gasteiger partial charge in [0, 0.05) is 12.2 Å². The summed E-state index contributed by atoms with van der Waals surface area (Å²) in [5.41, 5.74) is 6.52. The van der Waals surface area contributed by atoms with Crippen molar-refractivity contribution in [1.82, 2.24) is 0 Å². The van der Waals surface area contributed by atoms with E-state index in [2.05, 4.69) is 4.90 Å². The summed E-state index contributed by atoms with van der Waals surface area (Å²) in [5, 5.41) is 0. The fourth-order valence-corrected chi connectivity index (χ4v) is 1.82. The van der Waals surface area contributed by atoms with Crippen LogP contribution in [0.4, 0.5) is 10.1 Å². The van der Waals surface area contributed by atoms with Crippen LogP contribution >= 0.6 is 0 Å². The van der Waals surface area contributed by atoms with E-state index in [4.69, 9.17) is 10.2 Å². The second kappa shape index (κ2) is 6.21. The first-order valence-corrected chi connectivity index (χ1v) is 6.02. The molecule has 0 aliphatic rings. The third kappa shape index (κ3) is 3.34. The van der Waals surface area contributed by atoms with Crippen LogP contribution in [-0.2, 0) is 6.54 Å². The Morgan fingerprint density at radius 1 is 1.17 bits per heavy atom. The molecule has 4 heteroatoms. The van der Waals surface area contributed by atoms with Gasteiger partial charge in [0.1, 0.15) is 11.6 Å². The third-order valence-corrected chi connectivity index (χ3v) is 2.75. The van der Waals surface area contributed by atoms with Crippen molar-refractivity contribution in [3.05, 3.63) is 54.2 Å². The lowest BCUT2D eigenvalue weighted by molar-refractivity contribution is 0.501. The summed E-state index contributed by atoms with van der Waals surface area (Å²) in [6.45, 7) is 2.12. The molecule has 1 aromatic heterocycles. The van der Waals surface area contributed by atoms with Gasteiger partial charge in [0.25, 0.3) is 0 Å². The smallest absolute Gasteiger partial charge is 0.123 e. The topological polar surface area (TPSA) is 42.4 Å². The predicted octanol–water partition coefficient (Wildman–Crippen LogP) is 2.77. The zero-order valence-electron chi connectivity index (χ0n) is 10.2. The van der Waals surface area contributed by atoms with Gasteiger partial charge in [0.05, 0.1) is 12.8 Å². The molecule has 2 aromatic rings. The average molecular weight is 248 g/mol. The highest BCUT2D eigenvalue weighted by Crippen LogP contribution is 2.18. The first-order valence-electron chi connectivity index (χ1n) is 6.02. The van der Waals surface area contributed by atoms with Crippen LogP contribution in [0, 0.1) is 5.82 Å².